The maximum absolute atomic E-state index is 12.0. The molecule has 0 radical (unpaired) electrons. The molecule has 1 amide bonds. The van der Waals surface area contributed by atoms with Gasteiger partial charge >= 0.3 is 5.97 Å². The topological polar surface area (TPSA) is 68.3 Å². The van der Waals surface area contributed by atoms with Gasteiger partial charge in [0, 0.05) is 11.8 Å². The Morgan fingerprint density at radius 2 is 1.55 bits per heavy atom. The Hall–Kier alpha value is -1.69. The standard InChI is InChI=1S/C25H42N2O3S/c1-3-5-6-7-8-9-10-11-12-13-14-15-16-17-18-19-23(28)27-25-26-22(21-31-25)20-24(29)30-4-2/h11-12,21H,3-10,13-20H2,1-2H3,(H,26,27,28). The number of amides is 1. The Morgan fingerprint density at radius 3 is 2.19 bits per heavy atom. The number of nitrogens with one attached hydrogen (secondary N) is 1. The number of carbonyl (C=O) groups excluding carboxylic acids is 2. The van der Waals surface area contributed by atoms with Crippen LogP contribution in [0.2, 0.25) is 0 Å². The SMILES string of the molecule is CCCCCCCCC=CCCCCCCCC(=O)Nc1nc(CC(=O)OCC)cs1. The second-order valence-electron chi connectivity index (χ2n) is 8.01. The van der Waals surface area contributed by atoms with Crippen LogP contribution in [0.4, 0.5) is 5.13 Å². The molecule has 0 atom stereocenters. The number of carbonyl (C=O) groups is 2. The highest BCUT2D eigenvalue weighted by Crippen LogP contribution is 2.17. The van der Waals surface area contributed by atoms with E-state index in [-0.39, 0.29) is 18.3 Å². The molecule has 0 aliphatic rings. The molecule has 1 rings (SSSR count). The number of unbranched alkanes of at least 4 members (excludes halogenated alkanes) is 11. The van der Waals surface area contributed by atoms with Gasteiger partial charge in [-0.25, -0.2) is 4.98 Å². The Bertz CT molecular complexity index is 628. The third-order valence-electron chi connectivity index (χ3n) is 5.09. The zero-order valence-corrected chi connectivity index (χ0v) is 20.4. The molecule has 0 aliphatic carbocycles. The van der Waals surface area contributed by atoms with Gasteiger partial charge in [-0.3, -0.25) is 9.59 Å². The van der Waals surface area contributed by atoms with Gasteiger partial charge in [0.05, 0.1) is 18.7 Å². The van der Waals surface area contributed by atoms with Crippen molar-refractivity contribution in [2.75, 3.05) is 11.9 Å². The minimum absolute atomic E-state index is 0.00494. The molecule has 0 fully saturated rings. The van der Waals surface area contributed by atoms with E-state index in [1.807, 2.05) is 0 Å². The molecule has 1 aromatic heterocycles. The lowest BCUT2D eigenvalue weighted by atomic mass is 10.1. The predicted octanol–water partition coefficient (Wildman–Crippen LogP) is 7.22. The lowest BCUT2D eigenvalue weighted by Gasteiger charge is -2.02. The molecule has 176 valence electrons. The Balaban J connectivity index is 1.95. The van der Waals surface area contributed by atoms with E-state index in [2.05, 4.69) is 29.4 Å². The van der Waals surface area contributed by atoms with Crippen molar-refractivity contribution in [3.05, 3.63) is 23.2 Å². The van der Waals surface area contributed by atoms with E-state index < -0.39 is 0 Å². The number of hydrogen-bond acceptors (Lipinski definition) is 5. The van der Waals surface area contributed by atoms with E-state index in [1.165, 1.54) is 82.0 Å². The predicted molar refractivity (Wildman–Crippen MR) is 131 cm³/mol. The summed E-state index contributed by atoms with van der Waals surface area (Å²) < 4.78 is 4.91. The summed E-state index contributed by atoms with van der Waals surface area (Å²) >= 11 is 1.34. The fourth-order valence-corrected chi connectivity index (χ4v) is 4.07. The monoisotopic (exact) mass is 450 g/mol. The van der Waals surface area contributed by atoms with Crippen molar-refractivity contribution in [2.45, 2.75) is 110 Å². The first kappa shape index (κ1) is 27.3. The highest BCUT2D eigenvalue weighted by atomic mass is 32.1. The van der Waals surface area contributed by atoms with Gasteiger partial charge in [-0.1, -0.05) is 70.4 Å². The minimum Gasteiger partial charge on any atom is -0.466 e. The summed E-state index contributed by atoms with van der Waals surface area (Å²) in [5, 5.41) is 5.16. The van der Waals surface area contributed by atoms with E-state index >= 15 is 0 Å². The number of anilines is 1. The summed E-state index contributed by atoms with van der Waals surface area (Å²) in [5.74, 6) is -0.298. The van der Waals surface area contributed by atoms with E-state index in [0.717, 1.165) is 12.8 Å². The van der Waals surface area contributed by atoms with Gasteiger partial charge in [0.25, 0.3) is 0 Å². The van der Waals surface area contributed by atoms with Crippen LogP contribution >= 0.6 is 11.3 Å². The Kier molecular flexibility index (Phi) is 16.8. The summed E-state index contributed by atoms with van der Waals surface area (Å²) in [4.78, 5) is 27.8. The minimum atomic E-state index is -0.293. The van der Waals surface area contributed by atoms with Crippen LogP contribution in [0.5, 0.6) is 0 Å². The second kappa shape index (κ2) is 19.0. The quantitative estimate of drug-likeness (QED) is 0.137. The Labute approximate surface area is 193 Å². The van der Waals surface area contributed by atoms with E-state index in [1.54, 1.807) is 12.3 Å². The fraction of sp³-hybridized carbons (Fsp3) is 0.720. The van der Waals surface area contributed by atoms with Crippen LogP contribution in [0.25, 0.3) is 0 Å². The van der Waals surface area contributed by atoms with Crippen molar-refractivity contribution in [2.24, 2.45) is 0 Å². The van der Waals surface area contributed by atoms with Gasteiger partial charge in [0.1, 0.15) is 0 Å². The molecule has 0 saturated heterocycles. The summed E-state index contributed by atoms with van der Waals surface area (Å²) in [7, 11) is 0. The maximum Gasteiger partial charge on any atom is 0.311 e. The van der Waals surface area contributed by atoms with Crippen molar-refractivity contribution in [1.29, 1.82) is 0 Å². The molecule has 0 bridgehead atoms. The summed E-state index contributed by atoms with van der Waals surface area (Å²) in [6.45, 7) is 4.40. The number of ether oxygens (including phenoxy) is 1. The van der Waals surface area contributed by atoms with Crippen LogP contribution in [0, 0.1) is 0 Å². The lowest BCUT2D eigenvalue weighted by Crippen LogP contribution is -2.11. The molecule has 1 heterocycles. The zero-order chi connectivity index (χ0) is 22.6. The number of thiazole rings is 1. The van der Waals surface area contributed by atoms with Crippen molar-refractivity contribution in [3.8, 4) is 0 Å². The molecule has 0 aromatic carbocycles. The van der Waals surface area contributed by atoms with Crippen molar-refractivity contribution in [1.82, 2.24) is 4.98 Å². The third kappa shape index (κ3) is 15.7. The molecular formula is C25H42N2O3S. The summed E-state index contributed by atoms with van der Waals surface area (Å²) in [5.41, 5.74) is 0.639. The molecule has 0 unspecified atom stereocenters. The molecule has 6 heteroatoms. The van der Waals surface area contributed by atoms with Crippen LogP contribution in [0.15, 0.2) is 17.5 Å². The van der Waals surface area contributed by atoms with Crippen LogP contribution in [-0.4, -0.2) is 23.5 Å². The number of rotatable bonds is 19. The van der Waals surface area contributed by atoms with Crippen molar-refractivity contribution in [3.63, 3.8) is 0 Å². The molecule has 1 N–H and O–H groups in total. The van der Waals surface area contributed by atoms with Gasteiger partial charge < -0.3 is 10.1 Å². The molecule has 5 nitrogen and oxygen atoms in total. The third-order valence-corrected chi connectivity index (χ3v) is 5.90. The second-order valence-corrected chi connectivity index (χ2v) is 8.87. The number of allylic oxidation sites excluding steroid dienone is 2. The van der Waals surface area contributed by atoms with E-state index in [9.17, 15) is 9.59 Å². The van der Waals surface area contributed by atoms with Gasteiger partial charge in [0.2, 0.25) is 5.91 Å². The lowest BCUT2D eigenvalue weighted by molar-refractivity contribution is -0.142. The summed E-state index contributed by atoms with van der Waals surface area (Å²) in [6, 6.07) is 0. The Morgan fingerprint density at radius 1 is 0.935 bits per heavy atom. The maximum atomic E-state index is 12.0. The largest absolute Gasteiger partial charge is 0.466 e. The number of hydrogen-bond donors (Lipinski definition) is 1. The first-order chi connectivity index (χ1) is 15.2. The number of nitrogens with zero attached hydrogens (tertiary/aromatic N) is 1. The highest BCUT2D eigenvalue weighted by molar-refractivity contribution is 7.13. The zero-order valence-electron chi connectivity index (χ0n) is 19.6. The normalized spacial score (nSPS) is 11.2. The molecule has 1 aromatic rings. The van der Waals surface area contributed by atoms with Crippen LogP contribution in [0.1, 0.15) is 109 Å². The van der Waals surface area contributed by atoms with Gasteiger partial charge in [-0.2, -0.15) is 0 Å². The molecule has 0 spiro atoms. The number of aromatic nitrogens is 1. The van der Waals surface area contributed by atoms with Gasteiger partial charge in [-0.05, 0) is 39.0 Å². The molecule has 0 saturated carbocycles. The average molecular weight is 451 g/mol. The smallest absolute Gasteiger partial charge is 0.311 e. The van der Waals surface area contributed by atoms with Crippen molar-refractivity contribution < 1.29 is 14.3 Å². The number of esters is 1. The van der Waals surface area contributed by atoms with Crippen molar-refractivity contribution >= 4 is 28.3 Å². The fourth-order valence-electron chi connectivity index (χ4n) is 3.34. The van der Waals surface area contributed by atoms with Crippen LogP contribution < -0.4 is 5.32 Å². The first-order valence-electron chi connectivity index (χ1n) is 12.2. The van der Waals surface area contributed by atoms with Crippen LogP contribution in [0.3, 0.4) is 0 Å². The molecule has 0 aliphatic heterocycles. The van der Waals surface area contributed by atoms with Crippen LogP contribution in [-0.2, 0) is 20.7 Å². The van der Waals surface area contributed by atoms with E-state index in [4.69, 9.17) is 4.74 Å². The van der Waals surface area contributed by atoms with E-state index in [0.29, 0.717) is 23.9 Å². The van der Waals surface area contributed by atoms with Gasteiger partial charge in [0.15, 0.2) is 5.13 Å². The molecular weight excluding hydrogens is 408 g/mol. The van der Waals surface area contributed by atoms with Gasteiger partial charge in [-0.15, -0.1) is 11.3 Å². The average Bonchev–Trinajstić information content (AvgIpc) is 3.17. The first-order valence-corrected chi connectivity index (χ1v) is 13.1. The highest BCUT2D eigenvalue weighted by Gasteiger charge is 2.10. The summed E-state index contributed by atoms with van der Waals surface area (Å²) in [6.07, 6.45) is 21.6. The molecule has 31 heavy (non-hydrogen) atoms.